The third kappa shape index (κ3) is 2.54. The van der Waals surface area contributed by atoms with E-state index in [1.165, 1.54) is 16.9 Å². The Labute approximate surface area is 116 Å². The average Bonchev–Trinajstić information content (AvgIpc) is 2.77. The Morgan fingerprint density at radius 2 is 2.00 bits per heavy atom. The zero-order valence-corrected chi connectivity index (χ0v) is 12.3. The molecule has 19 heavy (non-hydrogen) atoms. The Bertz CT molecular complexity index is 629. The maximum absolute atomic E-state index is 11.3. The molecular weight excluding hydrogens is 258 g/mol. The van der Waals surface area contributed by atoms with Gasteiger partial charge in [-0.1, -0.05) is 32.0 Å². The molecule has 1 N–H and O–H groups in total. The first-order valence-corrected chi connectivity index (χ1v) is 7.04. The lowest BCUT2D eigenvalue weighted by atomic mass is 10.0. The van der Waals surface area contributed by atoms with Crippen molar-refractivity contribution in [3.05, 3.63) is 39.9 Å². The third-order valence-corrected chi connectivity index (χ3v) is 4.32. The second-order valence-corrected chi connectivity index (χ2v) is 5.94. The third-order valence-electron chi connectivity index (χ3n) is 3.23. The number of hydrogen-bond donors (Lipinski definition) is 1. The van der Waals surface area contributed by atoms with E-state index in [0.29, 0.717) is 10.6 Å². The van der Waals surface area contributed by atoms with E-state index in [-0.39, 0.29) is 5.92 Å². The quantitative estimate of drug-likeness (QED) is 0.911. The van der Waals surface area contributed by atoms with E-state index in [2.05, 4.69) is 4.98 Å². The minimum atomic E-state index is -0.891. The highest BCUT2D eigenvalue weighted by Gasteiger charge is 2.21. The summed E-state index contributed by atoms with van der Waals surface area (Å²) in [5.41, 5.74) is 4.05. The molecule has 0 aliphatic rings. The van der Waals surface area contributed by atoms with Gasteiger partial charge in [0.15, 0.2) is 0 Å². The molecular formula is C15H17NO2S. The van der Waals surface area contributed by atoms with Crippen LogP contribution >= 0.6 is 11.3 Å². The summed E-state index contributed by atoms with van der Waals surface area (Å²) in [4.78, 5) is 16.2. The Kier molecular flexibility index (Phi) is 3.71. The average molecular weight is 275 g/mol. The van der Waals surface area contributed by atoms with Crippen LogP contribution in [0.2, 0.25) is 0 Å². The second kappa shape index (κ2) is 5.13. The van der Waals surface area contributed by atoms with Gasteiger partial charge in [-0.3, -0.25) is 0 Å². The molecule has 0 bridgehead atoms. The summed E-state index contributed by atoms with van der Waals surface area (Å²) < 4.78 is 0. The van der Waals surface area contributed by atoms with E-state index < -0.39 is 5.97 Å². The molecule has 0 atom stereocenters. The highest BCUT2D eigenvalue weighted by molar-refractivity contribution is 7.17. The van der Waals surface area contributed by atoms with E-state index >= 15 is 0 Å². The highest BCUT2D eigenvalue weighted by atomic mass is 32.1. The van der Waals surface area contributed by atoms with Crippen LogP contribution in [0, 0.1) is 13.8 Å². The minimum absolute atomic E-state index is 0.112. The number of aromatic nitrogens is 1. The molecule has 4 heteroatoms. The smallest absolute Gasteiger partial charge is 0.347 e. The molecule has 0 amide bonds. The molecule has 0 aliphatic heterocycles. The largest absolute Gasteiger partial charge is 0.477 e. The first-order valence-electron chi connectivity index (χ1n) is 6.22. The van der Waals surface area contributed by atoms with Gasteiger partial charge < -0.3 is 5.11 Å². The fourth-order valence-corrected chi connectivity index (χ4v) is 3.12. The van der Waals surface area contributed by atoms with E-state index in [1.807, 2.05) is 45.9 Å². The summed E-state index contributed by atoms with van der Waals surface area (Å²) in [6, 6.07) is 6.03. The number of carbonyl (C=O) groups is 1. The van der Waals surface area contributed by atoms with Crippen molar-refractivity contribution in [3.63, 3.8) is 0 Å². The Morgan fingerprint density at radius 3 is 2.53 bits per heavy atom. The van der Waals surface area contributed by atoms with E-state index in [0.717, 1.165) is 16.1 Å². The van der Waals surface area contributed by atoms with E-state index in [9.17, 15) is 9.90 Å². The molecule has 1 heterocycles. The maximum atomic E-state index is 11.3. The fraction of sp³-hybridized carbons (Fsp3) is 0.333. The van der Waals surface area contributed by atoms with Gasteiger partial charge in [-0.25, -0.2) is 9.78 Å². The molecule has 1 aromatic carbocycles. The summed E-state index contributed by atoms with van der Waals surface area (Å²) in [5, 5.41) is 10.1. The number of carboxylic acids is 1. The lowest BCUT2D eigenvalue weighted by molar-refractivity contribution is 0.0700. The number of nitrogens with zero attached hydrogens (tertiary/aromatic N) is 1. The van der Waals surface area contributed by atoms with Gasteiger partial charge in [0.25, 0.3) is 0 Å². The number of carboxylic acid groups (broad SMARTS) is 1. The summed E-state index contributed by atoms with van der Waals surface area (Å²) in [6.45, 7) is 8.03. The van der Waals surface area contributed by atoms with Crippen LogP contribution in [0.4, 0.5) is 0 Å². The Morgan fingerprint density at radius 1 is 1.32 bits per heavy atom. The molecule has 0 fully saturated rings. The SMILES string of the molecule is Cc1cccc(-c2nc(C(C)C)c(C(=O)O)s2)c1C. The molecule has 2 rings (SSSR count). The van der Waals surface area contributed by atoms with Crippen LogP contribution < -0.4 is 0 Å². The van der Waals surface area contributed by atoms with Crippen LogP contribution in [0.25, 0.3) is 10.6 Å². The molecule has 0 spiro atoms. The van der Waals surface area contributed by atoms with Crippen LogP contribution in [0.5, 0.6) is 0 Å². The zero-order chi connectivity index (χ0) is 14.2. The van der Waals surface area contributed by atoms with Crippen molar-refractivity contribution >= 4 is 17.3 Å². The lowest BCUT2D eigenvalue weighted by Crippen LogP contribution is -2.00. The molecule has 0 radical (unpaired) electrons. The summed E-state index contributed by atoms with van der Waals surface area (Å²) in [6.07, 6.45) is 0. The number of hydrogen-bond acceptors (Lipinski definition) is 3. The molecule has 2 aromatic rings. The van der Waals surface area contributed by atoms with Crippen molar-refractivity contribution < 1.29 is 9.90 Å². The predicted octanol–water partition coefficient (Wildman–Crippen LogP) is 4.25. The predicted molar refractivity (Wildman–Crippen MR) is 78.1 cm³/mol. The normalized spacial score (nSPS) is 11.0. The van der Waals surface area contributed by atoms with Crippen molar-refractivity contribution in [1.82, 2.24) is 4.98 Å². The number of aromatic carboxylic acids is 1. The lowest BCUT2D eigenvalue weighted by Gasteiger charge is -2.05. The van der Waals surface area contributed by atoms with Crippen molar-refractivity contribution in [2.24, 2.45) is 0 Å². The molecule has 0 unspecified atom stereocenters. The molecule has 0 saturated carbocycles. The van der Waals surface area contributed by atoms with Gasteiger partial charge >= 0.3 is 5.97 Å². The number of benzene rings is 1. The number of aryl methyl sites for hydroxylation is 1. The Balaban J connectivity index is 2.61. The minimum Gasteiger partial charge on any atom is -0.477 e. The molecule has 0 aliphatic carbocycles. The molecule has 0 saturated heterocycles. The van der Waals surface area contributed by atoms with Gasteiger partial charge in [0.05, 0.1) is 5.69 Å². The van der Waals surface area contributed by atoms with Crippen molar-refractivity contribution in [3.8, 4) is 10.6 Å². The molecule has 100 valence electrons. The van der Waals surface area contributed by atoms with E-state index in [1.54, 1.807) is 0 Å². The maximum Gasteiger partial charge on any atom is 0.347 e. The van der Waals surface area contributed by atoms with Crippen LogP contribution in [-0.2, 0) is 0 Å². The summed E-state index contributed by atoms with van der Waals surface area (Å²) >= 11 is 1.26. The molecule has 3 nitrogen and oxygen atoms in total. The molecule has 1 aromatic heterocycles. The highest BCUT2D eigenvalue weighted by Crippen LogP contribution is 2.34. The second-order valence-electron chi connectivity index (χ2n) is 4.94. The van der Waals surface area contributed by atoms with Gasteiger partial charge in [-0.2, -0.15) is 0 Å². The number of rotatable bonds is 3. The van der Waals surface area contributed by atoms with Gasteiger partial charge in [-0.15, -0.1) is 11.3 Å². The van der Waals surface area contributed by atoms with Gasteiger partial charge in [-0.05, 0) is 30.9 Å². The topological polar surface area (TPSA) is 50.2 Å². The van der Waals surface area contributed by atoms with Crippen molar-refractivity contribution in [2.75, 3.05) is 0 Å². The van der Waals surface area contributed by atoms with Crippen LogP contribution in [-0.4, -0.2) is 16.1 Å². The first kappa shape index (κ1) is 13.7. The van der Waals surface area contributed by atoms with Crippen LogP contribution in [0.1, 0.15) is 46.3 Å². The Hall–Kier alpha value is -1.68. The van der Waals surface area contributed by atoms with Gasteiger partial charge in [0.1, 0.15) is 9.88 Å². The standard InChI is InChI=1S/C15H17NO2S/c1-8(2)12-13(15(17)18)19-14(16-12)11-7-5-6-9(3)10(11)4/h5-8H,1-4H3,(H,17,18). The van der Waals surface area contributed by atoms with Gasteiger partial charge in [0, 0.05) is 5.56 Å². The van der Waals surface area contributed by atoms with Gasteiger partial charge in [0.2, 0.25) is 0 Å². The summed E-state index contributed by atoms with van der Waals surface area (Å²) in [5.74, 6) is -0.779. The van der Waals surface area contributed by atoms with Crippen molar-refractivity contribution in [2.45, 2.75) is 33.6 Å². The number of thiazole rings is 1. The monoisotopic (exact) mass is 275 g/mol. The van der Waals surface area contributed by atoms with Crippen molar-refractivity contribution in [1.29, 1.82) is 0 Å². The first-order chi connectivity index (χ1) is 8.91. The van der Waals surface area contributed by atoms with Crippen LogP contribution in [0.3, 0.4) is 0 Å². The fourth-order valence-electron chi connectivity index (χ4n) is 1.97. The zero-order valence-electron chi connectivity index (χ0n) is 11.5. The van der Waals surface area contributed by atoms with E-state index in [4.69, 9.17) is 0 Å². The van der Waals surface area contributed by atoms with Crippen LogP contribution in [0.15, 0.2) is 18.2 Å². The summed E-state index contributed by atoms with van der Waals surface area (Å²) in [7, 11) is 0.